The first-order valence-electron chi connectivity index (χ1n) is 5.57. The molecule has 0 spiro atoms. The molecule has 92 valence electrons. The molecule has 3 heteroatoms. The predicted molar refractivity (Wildman–Crippen MR) is 77.7 cm³/mol. The third-order valence-electron chi connectivity index (χ3n) is 2.36. The van der Waals surface area contributed by atoms with E-state index in [-0.39, 0.29) is 5.12 Å². The van der Waals surface area contributed by atoms with E-state index in [0.29, 0.717) is 0 Å². The van der Waals surface area contributed by atoms with E-state index in [1.54, 1.807) is 6.92 Å². The first kappa shape index (κ1) is 14.3. The number of carbonyl (C=O) groups is 1. The van der Waals surface area contributed by atoms with Gasteiger partial charge in [0.05, 0.1) is 0 Å². The van der Waals surface area contributed by atoms with Crippen molar-refractivity contribution in [2.75, 3.05) is 5.75 Å². The molecule has 0 saturated heterocycles. The fourth-order valence-corrected chi connectivity index (χ4v) is 2.22. The largest absolute Gasteiger partial charge is 0.288 e. The van der Waals surface area contributed by atoms with Crippen molar-refractivity contribution in [3.05, 3.63) is 39.9 Å². The zero-order chi connectivity index (χ0) is 12.8. The van der Waals surface area contributed by atoms with Crippen LogP contribution >= 0.6 is 23.4 Å². The molecule has 0 aromatic heterocycles. The van der Waals surface area contributed by atoms with Crippen LogP contribution in [0.1, 0.15) is 30.0 Å². The average molecular weight is 269 g/mol. The second kappa shape index (κ2) is 6.87. The maximum Gasteiger partial charge on any atom is 0.185 e. The lowest BCUT2D eigenvalue weighted by molar-refractivity contribution is -0.109. The molecule has 0 saturated carbocycles. The van der Waals surface area contributed by atoms with E-state index in [1.165, 1.54) is 11.8 Å². The molecule has 1 aromatic carbocycles. The number of carbonyl (C=O) groups excluding carboxylic acids is 1. The summed E-state index contributed by atoms with van der Waals surface area (Å²) in [5, 5.41) is 1.02. The zero-order valence-electron chi connectivity index (χ0n) is 10.4. The van der Waals surface area contributed by atoms with Crippen LogP contribution in [0.4, 0.5) is 0 Å². The van der Waals surface area contributed by atoms with E-state index in [2.05, 4.69) is 24.3 Å². The van der Waals surface area contributed by atoms with E-state index < -0.39 is 0 Å². The van der Waals surface area contributed by atoms with Crippen molar-refractivity contribution in [2.24, 2.45) is 0 Å². The molecule has 0 radical (unpaired) electrons. The Balaban J connectivity index is 2.57. The molecule has 0 atom stereocenters. The molecular formula is C14H17ClOS. The number of thioether (sulfide) groups is 1. The summed E-state index contributed by atoms with van der Waals surface area (Å²) in [5.41, 5.74) is 3.37. The summed E-state index contributed by atoms with van der Waals surface area (Å²) >= 11 is 7.47. The smallest absolute Gasteiger partial charge is 0.185 e. The fraction of sp³-hybridized carbons (Fsp3) is 0.357. The molecule has 0 bridgehead atoms. The quantitative estimate of drug-likeness (QED) is 0.740. The molecule has 1 nitrogen and oxygen atoms in total. The highest BCUT2D eigenvalue weighted by molar-refractivity contribution is 8.13. The lowest BCUT2D eigenvalue weighted by Gasteiger charge is -2.04. The minimum absolute atomic E-state index is 0.177. The van der Waals surface area contributed by atoms with Gasteiger partial charge in [-0.25, -0.2) is 0 Å². The molecule has 0 unspecified atom stereocenters. The van der Waals surface area contributed by atoms with Crippen LogP contribution in [0.2, 0.25) is 5.02 Å². The first-order chi connectivity index (χ1) is 8.00. The van der Waals surface area contributed by atoms with Crippen LogP contribution in [-0.2, 0) is 4.79 Å². The highest BCUT2D eigenvalue weighted by Crippen LogP contribution is 2.22. The van der Waals surface area contributed by atoms with Crippen molar-refractivity contribution in [3.8, 4) is 0 Å². The summed E-state index contributed by atoms with van der Waals surface area (Å²) < 4.78 is 0. The van der Waals surface area contributed by atoms with Gasteiger partial charge < -0.3 is 0 Å². The Labute approximate surface area is 112 Å². The second-order valence-corrected chi connectivity index (χ2v) is 5.65. The maximum absolute atomic E-state index is 10.7. The number of hydrogen-bond acceptors (Lipinski definition) is 2. The highest BCUT2D eigenvalue weighted by Gasteiger charge is 2.00. The van der Waals surface area contributed by atoms with Crippen LogP contribution in [0.5, 0.6) is 0 Å². The summed E-state index contributed by atoms with van der Waals surface area (Å²) in [6, 6.07) is 4.15. The summed E-state index contributed by atoms with van der Waals surface area (Å²) in [6.45, 7) is 5.62. The molecular weight excluding hydrogens is 252 g/mol. The lowest BCUT2D eigenvalue weighted by Crippen LogP contribution is -1.85. The fourth-order valence-electron chi connectivity index (χ4n) is 1.57. The number of halogens is 1. The van der Waals surface area contributed by atoms with Crippen LogP contribution in [-0.4, -0.2) is 10.9 Å². The van der Waals surface area contributed by atoms with Crippen LogP contribution in [0.3, 0.4) is 0 Å². The Hall–Kier alpha value is -0.730. The normalized spacial score (nSPS) is 11.1. The van der Waals surface area contributed by atoms with Gasteiger partial charge in [-0.05, 0) is 37.0 Å². The number of allylic oxidation sites excluding steroid dienone is 1. The van der Waals surface area contributed by atoms with Gasteiger partial charge in [-0.2, -0.15) is 0 Å². The van der Waals surface area contributed by atoms with E-state index in [9.17, 15) is 4.79 Å². The Kier molecular flexibility index (Phi) is 5.79. The summed E-state index contributed by atoms with van der Waals surface area (Å²) in [7, 11) is 0. The zero-order valence-corrected chi connectivity index (χ0v) is 12.0. The predicted octanol–water partition coefficient (Wildman–Crippen LogP) is 4.64. The van der Waals surface area contributed by atoms with Gasteiger partial charge >= 0.3 is 0 Å². The van der Waals surface area contributed by atoms with Crippen molar-refractivity contribution in [3.63, 3.8) is 0 Å². The van der Waals surface area contributed by atoms with Crippen LogP contribution in [0.25, 0.3) is 6.08 Å². The van der Waals surface area contributed by atoms with Crippen LogP contribution in [0.15, 0.2) is 18.2 Å². The Bertz CT molecular complexity index is 415. The minimum Gasteiger partial charge on any atom is -0.288 e. The van der Waals surface area contributed by atoms with Gasteiger partial charge in [-0.3, -0.25) is 4.79 Å². The topological polar surface area (TPSA) is 17.1 Å². The van der Waals surface area contributed by atoms with Crippen LogP contribution < -0.4 is 0 Å². The molecule has 1 rings (SSSR count). The monoisotopic (exact) mass is 268 g/mol. The molecule has 0 aliphatic carbocycles. The van der Waals surface area contributed by atoms with Crippen molar-refractivity contribution >= 4 is 34.6 Å². The third kappa shape index (κ3) is 4.97. The van der Waals surface area contributed by atoms with Gasteiger partial charge in [0, 0.05) is 17.7 Å². The standard InChI is InChI=1S/C14H17ClOS/c1-10-8-13(9-11(2)14(10)15)6-4-5-7-17-12(3)16/h4,6,8-9H,5,7H2,1-3H3. The van der Waals surface area contributed by atoms with Crippen LogP contribution in [0, 0.1) is 13.8 Å². The van der Waals surface area contributed by atoms with Crippen molar-refractivity contribution < 1.29 is 4.79 Å². The third-order valence-corrected chi connectivity index (χ3v) is 3.80. The molecule has 0 fully saturated rings. The van der Waals surface area contributed by atoms with E-state index in [4.69, 9.17) is 11.6 Å². The first-order valence-corrected chi connectivity index (χ1v) is 6.93. The second-order valence-electron chi connectivity index (χ2n) is 4.00. The Morgan fingerprint density at radius 2 is 1.94 bits per heavy atom. The molecule has 0 amide bonds. The van der Waals surface area contributed by atoms with Gasteiger partial charge in [0.15, 0.2) is 5.12 Å². The van der Waals surface area contributed by atoms with E-state index in [0.717, 1.165) is 33.9 Å². The molecule has 0 aliphatic heterocycles. The van der Waals surface area contributed by atoms with Crippen molar-refractivity contribution in [2.45, 2.75) is 27.2 Å². The summed E-state index contributed by atoms with van der Waals surface area (Å²) in [6.07, 6.45) is 5.08. The highest BCUT2D eigenvalue weighted by atomic mass is 35.5. The van der Waals surface area contributed by atoms with Crippen molar-refractivity contribution in [1.29, 1.82) is 0 Å². The van der Waals surface area contributed by atoms with E-state index >= 15 is 0 Å². The van der Waals surface area contributed by atoms with Gasteiger partial charge in [0.2, 0.25) is 0 Å². The number of aryl methyl sites for hydroxylation is 2. The molecule has 1 aromatic rings. The van der Waals surface area contributed by atoms with Gasteiger partial charge in [0.25, 0.3) is 0 Å². The number of benzene rings is 1. The SMILES string of the molecule is CC(=O)SCCC=Cc1cc(C)c(Cl)c(C)c1. The maximum atomic E-state index is 10.7. The summed E-state index contributed by atoms with van der Waals surface area (Å²) in [5.74, 6) is 0.845. The number of hydrogen-bond donors (Lipinski definition) is 0. The Morgan fingerprint density at radius 3 is 2.47 bits per heavy atom. The summed E-state index contributed by atoms with van der Waals surface area (Å²) in [4.78, 5) is 10.7. The Morgan fingerprint density at radius 1 is 1.35 bits per heavy atom. The van der Waals surface area contributed by atoms with Gasteiger partial charge in [-0.15, -0.1) is 0 Å². The van der Waals surface area contributed by atoms with Crippen molar-refractivity contribution in [1.82, 2.24) is 0 Å². The van der Waals surface area contributed by atoms with E-state index in [1.807, 2.05) is 13.8 Å². The number of rotatable bonds is 4. The lowest BCUT2D eigenvalue weighted by atomic mass is 10.1. The van der Waals surface area contributed by atoms with Gasteiger partial charge in [0.1, 0.15) is 0 Å². The van der Waals surface area contributed by atoms with Gasteiger partial charge in [-0.1, -0.05) is 47.6 Å². The molecule has 0 aliphatic rings. The molecule has 17 heavy (non-hydrogen) atoms. The average Bonchev–Trinajstić information content (AvgIpc) is 2.25. The minimum atomic E-state index is 0.177. The molecule has 0 heterocycles. The molecule has 0 N–H and O–H groups in total.